The van der Waals surface area contributed by atoms with Gasteiger partial charge in [-0.2, -0.15) is 0 Å². The van der Waals surface area contributed by atoms with E-state index in [1.54, 1.807) is 0 Å². The Bertz CT molecular complexity index is 444. The van der Waals surface area contributed by atoms with Crippen LogP contribution in [0.2, 0.25) is 0 Å². The quantitative estimate of drug-likeness (QED) is 0.341. The van der Waals surface area contributed by atoms with Crippen LogP contribution in [0.15, 0.2) is 35.3 Å². The lowest BCUT2D eigenvalue weighted by Gasteiger charge is -2.38. The molecule has 102 valence electrons. The molecule has 5 heteroatoms. The number of para-hydroxylation sites is 1. The van der Waals surface area contributed by atoms with Crippen molar-refractivity contribution in [1.82, 2.24) is 15.2 Å². The van der Waals surface area contributed by atoms with Crippen LogP contribution in [0.25, 0.3) is 0 Å². The Morgan fingerprint density at radius 3 is 2.84 bits per heavy atom. The van der Waals surface area contributed by atoms with Gasteiger partial charge in [0.2, 0.25) is 5.96 Å². The first-order valence-corrected chi connectivity index (χ1v) is 6.96. The van der Waals surface area contributed by atoms with Crippen molar-refractivity contribution in [3.63, 3.8) is 0 Å². The molecule has 0 bridgehead atoms. The second kappa shape index (κ2) is 5.59. The Morgan fingerprint density at radius 2 is 2.05 bits per heavy atom. The second-order valence-electron chi connectivity index (χ2n) is 5.19. The first-order chi connectivity index (χ1) is 9.36. The average molecular weight is 259 g/mol. The van der Waals surface area contributed by atoms with Crippen molar-refractivity contribution < 1.29 is 0 Å². The summed E-state index contributed by atoms with van der Waals surface area (Å²) in [5.41, 5.74) is 3.69. The summed E-state index contributed by atoms with van der Waals surface area (Å²) in [5.74, 6) is 6.43. The van der Waals surface area contributed by atoms with E-state index in [2.05, 4.69) is 20.2 Å². The largest absolute Gasteiger partial charge is 0.339 e. The van der Waals surface area contributed by atoms with Crippen LogP contribution in [0.5, 0.6) is 0 Å². The highest BCUT2D eigenvalue weighted by Gasteiger charge is 2.31. The number of nitrogens with one attached hydrogen (secondary N) is 1. The molecule has 0 spiro atoms. The predicted octanol–water partition coefficient (Wildman–Crippen LogP) is 0.917. The Kier molecular flexibility index (Phi) is 3.66. The highest BCUT2D eigenvalue weighted by molar-refractivity contribution is 5.82. The van der Waals surface area contributed by atoms with Gasteiger partial charge in [-0.1, -0.05) is 18.2 Å². The Balaban J connectivity index is 1.74. The molecule has 2 saturated heterocycles. The number of rotatable bonds is 1. The highest BCUT2D eigenvalue weighted by Crippen LogP contribution is 2.22. The van der Waals surface area contributed by atoms with E-state index in [1.807, 2.05) is 30.3 Å². The van der Waals surface area contributed by atoms with Crippen LogP contribution < -0.4 is 11.3 Å². The molecule has 0 aromatic heterocycles. The van der Waals surface area contributed by atoms with Crippen molar-refractivity contribution in [2.75, 3.05) is 26.2 Å². The number of fused-ring (bicyclic) bond motifs is 1. The van der Waals surface area contributed by atoms with Crippen molar-refractivity contribution in [3.8, 4) is 0 Å². The van der Waals surface area contributed by atoms with Gasteiger partial charge in [0.05, 0.1) is 5.69 Å². The monoisotopic (exact) mass is 259 g/mol. The third-order valence-corrected chi connectivity index (χ3v) is 4.01. The molecule has 2 aliphatic rings. The van der Waals surface area contributed by atoms with Crippen LogP contribution in [0.1, 0.15) is 12.8 Å². The van der Waals surface area contributed by atoms with Crippen molar-refractivity contribution in [3.05, 3.63) is 30.3 Å². The topological polar surface area (TPSA) is 56.9 Å². The van der Waals surface area contributed by atoms with Crippen LogP contribution in [0, 0.1) is 0 Å². The summed E-state index contributed by atoms with van der Waals surface area (Å²) in [4.78, 5) is 9.44. The normalized spacial score (nSPS) is 24.4. The summed E-state index contributed by atoms with van der Waals surface area (Å²) in [6.07, 6.45) is 2.61. The SMILES string of the molecule is NNC(=Nc1ccccc1)N1CCN2CCCC2C1. The summed E-state index contributed by atoms with van der Waals surface area (Å²) >= 11 is 0. The van der Waals surface area contributed by atoms with Crippen LogP contribution in [0.3, 0.4) is 0 Å². The van der Waals surface area contributed by atoms with Gasteiger partial charge in [0.15, 0.2) is 0 Å². The van der Waals surface area contributed by atoms with E-state index >= 15 is 0 Å². The number of hydrogen-bond donors (Lipinski definition) is 2. The molecule has 19 heavy (non-hydrogen) atoms. The zero-order chi connectivity index (χ0) is 13.1. The lowest BCUT2D eigenvalue weighted by molar-refractivity contribution is 0.149. The third kappa shape index (κ3) is 2.72. The lowest BCUT2D eigenvalue weighted by Crippen LogP contribution is -2.56. The fourth-order valence-corrected chi connectivity index (χ4v) is 3.00. The van der Waals surface area contributed by atoms with Crippen molar-refractivity contribution in [1.29, 1.82) is 0 Å². The van der Waals surface area contributed by atoms with Gasteiger partial charge < -0.3 is 4.90 Å². The molecule has 1 aromatic rings. The summed E-state index contributed by atoms with van der Waals surface area (Å²) in [6, 6.07) is 10.6. The Morgan fingerprint density at radius 1 is 1.21 bits per heavy atom. The van der Waals surface area contributed by atoms with Gasteiger partial charge in [0, 0.05) is 25.7 Å². The molecule has 0 amide bonds. The van der Waals surface area contributed by atoms with E-state index in [-0.39, 0.29) is 0 Å². The first-order valence-electron chi connectivity index (χ1n) is 6.96. The van der Waals surface area contributed by atoms with Crippen LogP contribution >= 0.6 is 0 Å². The molecule has 1 unspecified atom stereocenters. The maximum atomic E-state index is 5.65. The van der Waals surface area contributed by atoms with E-state index in [1.165, 1.54) is 19.4 Å². The van der Waals surface area contributed by atoms with Crippen LogP contribution in [-0.4, -0.2) is 48.0 Å². The Labute approximate surface area is 114 Å². The maximum Gasteiger partial charge on any atom is 0.213 e. The zero-order valence-electron chi connectivity index (χ0n) is 11.1. The van der Waals surface area contributed by atoms with E-state index in [9.17, 15) is 0 Å². The number of hydrazine groups is 1. The van der Waals surface area contributed by atoms with Crippen molar-refractivity contribution >= 4 is 11.6 Å². The molecule has 2 aliphatic heterocycles. The van der Waals surface area contributed by atoms with Gasteiger partial charge in [0.1, 0.15) is 0 Å². The molecule has 1 atom stereocenters. The zero-order valence-corrected chi connectivity index (χ0v) is 11.1. The van der Waals surface area contributed by atoms with Gasteiger partial charge in [0.25, 0.3) is 0 Å². The van der Waals surface area contributed by atoms with E-state index in [0.29, 0.717) is 6.04 Å². The number of benzene rings is 1. The molecule has 0 aliphatic carbocycles. The first kappa shape index (κ1) is 12.4. The van der Waals surface area contributed by atoms with Gasteiger partial charge in [-0.15, -0.1) is 0 Å². The summed E-state index contributed by atoms with van der Waals surface area (Å²) in [6.45, 7) is 4.38. The molecular weight excluding hydrogens is 238 g/mol. The summed E-state index contributed by atoms with van der Waals surface area (Å²) in [5, 5.41) is 0. The molecule has 2 heterocycles. The van der Waals surface area contributed by atoms with Gasteiger partial charge in [-0.25, -0.2) is 10.8 Å². The van der Waals surface area contributed by atoms with Gasteiger partial charge in [-0.05, 0) is 31.5 Å². The summed E-state index contributed by atoms with van der Waals surface area (Å²) in [7, 11) is 0. The van der Waals surface area contributed by atoms with E-state index in [0.717, 1.165) is 31.3 Å². The fraction of sp³-hybridized carbons (Fsp3) is 0.500. The third-order valence-electron chi connectivity index (χ3n) is 4.01. The number of nitrogens with two attached hydrogens (primary N) is 1. The minimum atomic E-state index is 0.670. The Hall–Kier alpha value is -1.59. The minimum Gasteiger partial charge on any atom is -0.339 e. The van der Waals surface area contributed by atoms with Crippen LogP contribution in [-0.2, 0) is 0 Å². The molecule has 3 N–H and O–H groups in total. The molecule has 0 saturated carbocycles. The maximum absolute atomic E-state index is 5.65. The van der Waals surface area contributed by atoms with E-state index < -0.39 is 0 Å². The fourth-order valence-electron chi connectivity index (χ4n) is 3.00. The minimum absolute atomic E-state index is 0.670. The van der Waals surface area contributed by atoms with Crippen molar-refractivity contribution in [2.45, 2.75) is 18.9 Å². The number of piperazine rings is 1. The molecular formula is C14H21N5. The van der Waals surface area contributed by atoms with E-state index in [4.69, 9.17) is 5.84 Å². The number of guanidine groups is 1. The smallest absolute Gasteiger partial charge is 0.213 e. The number of hydrogen-bond acceptors (Lipinski definition) is 3. The highest BCUT2D eigenvalue weighted by atomic mass is 15.4. The van der Waals surface area contributed by atoms with Crippen LogP contribution in [0.4, 0.5) is 5.69 Å². The second-order valence-corrected chi connectivity index (χ2v) is 5.19. The molecule has 3 rings (SSSR count). The molecule has 5 nitrogen and oxygen atoms in total. The van der Waals surface area contributed by atoms with Crippen molar-refractivity contribution in [2.24, 2.45) is 10.8 Å². The lowest BCUT2D eigenvalue weighted by atomic mass is 10.1. The number of aliphatic imine (C=N–C) groups is 1. The predicted molar refractivity (Wildman–Crippen MR) is 77.0 cm³/mol. The molecule has 0 radical (unpaired) electrons. The molecule has 2 fully saturated rings. The average Bonchev–Trinajstić information content (AvgIpc) is 2.93. The standard InChI is InChI=1S/C14H21N5/c15-17-14(16-12-5-2-1-3-6-12)19-10-9-18-8-4-7-13(18)11-19/h1-3,5-6,13H,4,7-11,15H2,(H,16,17). The number of nitrogens with zero attached hydrogens (tertiary/aromatic N) is 3. The molecule has 1 aromatic carbocycles. The van der Waals surface area contributed by atoms with Gasteiger partial charge >= 0.3 is 0 Å². The summed E-state index contributed by atoms with van der Waals surface area (Å²) < 4.78 is 0. The van der Waals surface area contributed by atoms with Gasteiger partial charge in [-0.3, -0.25) is 10.3 Å².